The summed E-state index contributed by atoms with van der Waals surface area (Å²) >= 11 is 0. The molecule has 0 N–H and O–H groups in total. The molecular formula is C27H24N4O4. The fourth-order valence-electron chi connectivity index (χ4n) is 3.98. The number of carbonyl (C=O) groups excluding carboxylic acids is 1. The largest absolute Gasteiger partial charge is 0.493 e. The van der Waals surface area contributed by atoms with Gasteiger partial charge in [-0.15, -0.1) is 0 Å². The van der Waals surface area contributed by atoms with Gasteiger partial charge in [0.15, 0.2) is 17.1 Å². The van der Waals surface area contributed by atoms with Gasteiger partial charge in [0.25, 0.3) is 5.91 Å². The number of amides is 1. The van der Waals surface area contributed by atoms with Crippen LogP contribution in [0.25, 0.3) is 22.3 Å². The second-order valence-corrected chi connectivity index (χ2v) is 7.94. The third kappa shape index (κ3) is 4.21. The summed E-state index contributed by atoms with van der Waals surface area (Å²) in [6.45, 7) is 0.404. The average Bonchev–Trinajstić information content (AvgIpc) is 3.58. The predicted octanol–water partition coefficient (Wildman–Crippen LogP) is 5.03. The highest BCUT2D eigenvalue weighted by Gasteiger charge is 2.22. The molecule has 0 spiro atoms. The lowest BCUT2D eigenvalue weighted by Crippen LogP contribution is -2.26. The van der Waals surface area contributed by atoms with Crippen LogP contribution in [-0.2, 0) is 6.54 Å². The van der Waals surface area contributed by atoms with Crippen molar-refractivity contribution in [1.82, 2.24) is 14.8 Å². The normalized spacial score (nSPS) is 10.9. The Morgan fingerprint density at radius 1 is 1.00 bits per heavy atom. The molecule has 5 aromatic rings. The summed E-state index contributed by atoms with van der Waals surface area (Å²) in [7, 11) is 4.87. The van der Waals surface area contributed by atoms with Gasteiger partial charge in [0.1, 0.15) is 12.3 Å². The zero-order chi connectivity index (χ0) is 24.4. The maximum atomic E-state index is 13.8. The molecular weight excluding hydrogens is 444 g/mol. The number of benzene rings is 2. The number of anilines is 1. The average molecular weight is 469 g/mol. The number of carbonyl (C=O) groups is 1. The van der Waals surface area contributed by atoms with Crippen LogP contribution in [0.15, 0.2) is 83.6 Å². The molecule has 0 atom stereocenters. The minimum Gasteiger partial charge on any atom is -0.493 e. The molecule has 3 aromatic heterocycles. The number of pyridine rings is 1. The first-order chi connectivity index (χ1) is 17.1. The number of aromatic nitrogens is 3. The third-order valence-corrected chi connectivity index (χ3v) is 5.85. The van der Waals surface area contributed by atoms with Gasteiger partial charge < -0.3 is 18.8 Å². The number of rotatable bonds is 7. The monoisotopic (exact) mass is 468 g/mol. The predicted molar refractivity (Wildman–Crippen MR) is 133 cm³/mol. The Morgan fingerprint density at radius 2 is 1.80 bits per heavy atom. The van der Waals surface area contributed by atoms with Crippen LogP contribution >= 0.6 is 0 Å². The fraction of sp³-hybridized carbons (Fsp3) is 0.148. The van der Waals surface area contributed by atoms with Crippen molar-refractivity contribution in [3.8, 4) is 22.8 Å². The molecule has 8 nitrogen and oxygen atoms in total. The zero-order valence-corrected chi connectivity index (χ0v) is 19.6. The summed E-state index contributed by atoms with van der Waals surface area (Å²) < 4.78 is 18.0. The van der Waals surface area contributed by atoms with E-state index in [1.165, 1.54) is 0 Å². The van der Waals surface area contributed by atoms with Crippen molar-refractivity contribution in [2.24, 2.45) is 0 Å². The second kappa shape index (κ2) is 9.34. The van der Waals surface area contributed by atoms with Crippen molar-refractivity contribution >= 4 is 22.6 Å². The number of hydrogen-bond donors (Lipinski definition) is 0. The summed E-state index contributed by atoms with van der Waals surface area (Å²) in [6, 6.07) is 20.7. The molecule has 0 fully saturated rings. The lowest BCUT2D eigenvalue weighted by Gasteiger charge is -2.20. The van der Waals surface area contributed by atoms with E-state index in [-0.39, 0.29) is 5.91 Å². The highest BCUT2D eigenvalue weighted by Crippen LogP contribution is 2.33. The first-order valence-corrected chi connectivity index (χ1v) is 11.0. The van der Waals surface area contributed by atoms with Crippen LogP contribution in [0, 0.1) is 0 Å². The Balaban J connectivity index is 1.61. The summed E-state index contributed by atoms with van der Waals surface area (Å²) in [6.07, 6.45) is 3.30. The Labute approximate surface area is 202 Å². The van der Waals surface area contributed by atoms with Gasteiger partial charge in [-0.25, -0.2) is 9.67 Å². The standard InChI is InChI=1S/C27H24N4O4/c1-30(19-11-12-24(33-2)25(14-19)34-3)27(32)21-15-23(18-8-5-4-6-9-18)29-26-22(21)16-28-31(26)17-20-10-7-13-35-20/h4-16H,17H2,1-3H3. The van der Waals surface area contributed by atoms with E-state index < -0.39 is 0 Å². The van der Waals surface area contributed by atoms with E-state index in [2.05, 4.69) is 5.10 Å². The first-order valence-electron chi connectivity index (χ1n) is 11.0. The van der Waals surface area contributed by atoms with E-state index in [4.69, 9.17) is 18.9 Å². The SMILES string of the molecule is COc1ccc(N(C)C(=O)c2cc(-c3ccccc3)nc3c2cnn3Cc2ccco2)cc1OC. The number of furan rings is 1. The van der Waals surface area contributed by atoms with Gasteiger partial charge in [-0.05, 0) is 30.3 Å². The van der Waals surface area contributed by atoms with Gasteiger partial charge in [0, 0.05) is 24.4 Å². The van der Waals surface area contributed by atoms with Gasteiger partial charge in [-0.3, -0.25) is 4.79 Å². The van der Waals surface area contributed by atoms with Crippen LogP contribution in [0.3, 0.4) is 0 Å². The van der Waals surface area contributed by atoms with Gasteiger partial charge in [0.2, 0.25) is 0 Å². The van der Waals surface area contributed by atoms with Gasteiger partial charge in [-0.2, -0.15) is 5.10 Å². The lowest BCUT2D eigenvalue weighted by molar-refractivity contribution is 0.0994. The maximum Gasteiger partial charge on any atom is 0.258 e. The smallest absolute Gasteiger partial charge is 0.258 e. The van der Waals surface area contributed by atoms with Crippen LogP contribution < -0.4 is 14.4 Å². The summed E-state index contributed by atoms with van der Waals surface area (Å²) in [4.78, 5) is 20.2. The minimum atomic E-state index is -0.195. The van der Waals surface area contributed by atoms with Crippen LogP contribution in [0.1, 0.15) is 16.1 Å². The molecule has 5 rings (SSSR count). The van der Waals surface area contributed by atoms with E-state index in [9.17, 15) is 4.79 Å². The highest BCUT2D eigenvalue weighted by atomic mass is 16.5. The number of methoxy groups -OCH3 is 2. The summed E-state index contributed by atoms with van der Waals surface area (Å²) in [5, 5.41) is 5.18. The van der Waals surface area contributed by atoms with Gasteiger partial charge in [0.05, 0.1) is 43.3 Å². The zero-order valence-electron chi connectivity index (χ0n) is 19.6. The fourth-order valence-corrected chi connectivity index (χ4v) is 3.98. The lowest BCUT2D eigenvalue weighted by atomic mass is 10.1. The molecule has 3 heterocycles. The molecule has 0 aliphatic rings. The van der Waals surface area contributed by atoms with Crippen LogP contribution in [0.4, 0.5) is 5.69 Å². The van der Waals surface area contributed by atoms with Gasteiger partial charge in [-0.1, -0.05) is 30.3 Å². The molecule has 0 bridgehead atoms. The van der Waals surface area contributed by atoms with Crippen molar-refractivity contribution in [1.29, 1.82) is 0 Å². The molecule has 0 aliphatic heterocycles. The highest BCUT2D eigenvalue weighted by molar-refractivity contribution is 6.13. The van der Waals surface area contributed by atoms with Crippen LogP contribution in [0.5, 0.6) is 11.5 Å². The Hall–Kier alpha value is -4.59. The van der Waals surface area contributed by atoms with Crippen molar-refractivity contribution < 1.29 is 18.7 Å². The topological polar surface area (TPSA) is 82.6 Å². The molecule has 0 saturated heterocycles. The van der Waals surface area contributed by atoms with Crippen molar-refractivity contribution in [3.63, 3.8) is 0 Å². The Bertz CT molecular complexity index is 1480. The second-order valence-electron chi connectivity index (χ2n) is 7.94. The first kappa shape index (κ1) is 22.2. The summed E-state index contributed by atoms with van der Waals surface area (Å²) in [5.74, 6) is 1.69. The van der Waals surface area contributed by atoms with Crippen LogP contribution in [-0.4, -0.2) is 41.9 Å². The van der Waals surface area contributed by atoms with Gasteiger partial charge >= 0.3 is 0 Å². The molecule has 2 aromatic carbocycles. The van der Waals surface area contributed by atoms with Crippen molar-refractivity contribution in [2.45, 2.75) is 6.54 Å². The molecule has 35 heavy (non-hydrogen) atoms. The Kier molecular flexibility index (Phi) is 5.93. The number of fused-ring (bicyclic) bond motifs is 1. The van der Waals surface area contributed by atoms with E-state index >= 15 is 0 Å². The van der Waals surface area contributed by atoms with E-state index in [0.717, 1.165) is 11.3 Å². The Morgan fingerprint density at radius 3 is 2.51 bits per heavy atom. The van der Waals surface area contributed by atoms with Crippen LogP contribution in [0.2, 0.25) is 0 Å². The minimum absolute atomic E-state index is 0.195. The maximum absolute atomic E-state index is 13.8. The molecule has 1 amide bonds. The summed E-state index contributed by atoms with van der Waals surface area (Å²) in [5.41, 5.74) is 3.36. The molecule has 176 valence electrons. The molecule has 0 saturated carbocycles. The molecule has 0 aliphatic carbocycles. The van der Waals surface area contributed by atoms with E-state index in [0.29, 0.717) is 46.0 Å². The van der Waals surface area contributed by atoms with Crippen molar-refractivity contribution in [2.75, 3.05) is 26.2 Å². The van der Waals surface area contributed by atoms with Crippen molar-refractivity contribution in [3.05, 3.63) is 90.5 Å². The number of nitrogens with zero attached hydrogens (tertiary/aromatic N) is 4. The van der Waals surface area contributed by atoms with E-state index in [1.807, 2.05) is 54.6 Å². The molecule has 0 radical (unpaired) electrons. The number of hydrogen-bond acceptors (Lipinski definition) is 6. The quantitative estimate of drug-likeness (QED) is 0.333. The molecule has 8 heteroatoms. The molecule has 0 unspecified atom stereocenters. The van der Waals surface area contributed by atoms with E-state index in [1.54, 1.807) is 55.4 Å². The number of ether oxygens (including phenoxy) is 2. The third-order valence-electron chi connectivity index (χ3n) is 5.85.